The molecule has 3 N–H and O–H groups in total. The van der Waals surface area contributed by atoms with Gasteiger partial charge in [0.25, 0.3) is 5.91 Å². The van der Waals surface area contributed by atoms with Crippen LogP contribution in [0.2, 0.25) is 0 Å². The van der Waals surface area contributed by atoms with Gasteiger partial charge >= 0.3 is 0 Å². The number of carbonyl (C=O) groups is 1. The quantitative estimate of drug-likeness (QED) is 0.877. The zero-order valence-corrected chi connectivity index (χ0v) is 12.4. The van der Waals surface area contributed by atoms with Crippen molar-refractivity contribution in [2.24, 2.45) is 17.6 Å². The van der Waals surface area contributed by atoms with Gasteiger partial charge in [-0.1, -0.05) is 6.42 Å². The van der Waals surface area contributed by atoms with Crippen LogP contribution in [0.1, 0.15) is 42.5 Å². The first-order chi connectivity index (χ1) is 9.13. The molecule has 2 unspecified atom stereocenters. The zero-order chi connectivity index (χ0) is 13.4. The molecule has 0 aliphatic heterocycles. The SMILES string of the molecule is NC1CC2CCCC(C1)C2NC(=O)c1coc(Br)c1. The van der Waals surface area contributed by atoms with Crippen molar-refractivity contribution in [3.63, 3.8) is 0 Å². The maximum absolute atomic E-state index is 12.2. The van der Waals surface area contributed by atoms with Crippen LogP contribution in [0.4, 0.5) is 0 Å². The summed E-state index contributed by atoms with van der Waals surface area (Å²) in [6.07, 6.45) is 7.21. The molecule has 1 amide bonds. The molecule has 19 heavy (non-hydrogen) atoms. The third-order valence-corrected chi connectivity index (χ3v) is 4.92. The van der Waals surface area contributed by atoms with Crippen molar-refractivity contribution in [3.8, 4) is 0 Å². The van der Waals surface area contributed by atoms with E-state index in [2.05, 4.69) is 21.2 Å². The molecule has 3 rings (SSSR count). The minimum atomic E-state index is -0.0354. The summed E-state index contributed by atoms with van der Waals surface area (Å²) in [5, 5.41) is 3.20. The Morgan fingerprint density at radius 1 is 1.37 bits per heavy atom. The summed E-state index contributed by atoms with van der Waals surface area (Å²) >= 11 is 3.22. The number of halogens is 1. The molecule has 2 saturated carbocycles. The summed E-state index contributed by atoms with van der Waals surface area (Å²) in [4.78, 5) is 12.2. The van der Waals surface area contributed by atoms with Crippen LogP contribution in [0.5, 0.6) is 0 Å². The molecule has 2 aliphatic rings. The lowest BCUT2D eigenvalue weighted by molar-refractivity contribution is 0.0755. The molecular formula is C14H19BrN2O2. The van der Waals surface area contributed by atoms with Crippen molar-refractivity contribution in [2.45, 2.75) is 44.2 Å². The molecule has 1 aromatic heterocycles. The van der Waals surface area contributed by atoms with Crippen molar-refractivity contribution >= 4 is 21.8 Å². The number of furan rings is 1. The predicted molar refractivity (Wildman–Crippen MR) is 75.7 cm³/mol. The van der Waals surface area contributed by atoms with Crippen LogP contribution in [0.15, 0.2) is 21.4 Å². The Hall–Kier alpha value is -0.810. The van der Waals surface area contributed by atoms with Gasteiger partial charge in [-0.15, -0.1) is 0 Å². The van der Waals surface area contributed by atoms with E-state index >= 15 is 0 Å². The highest BCUT2D eigenvalue weighted by Crippen LogP contribution is 2.39. The van der Waals surface area contributed by atoms with Gasteiger partial charge in [0, 0.05) is 18.2 Å². The van der Waals surface area contributed by atoms with E-state index in [1.807, 2.05) is 0 Å². The zero-order valence-electron chi connectivity index (χ0n) is 10.8. The van der Waals surface area contributed by atoms with E-state index in [9.17, 15) is 4.79 Å². The summed E-state index contributed by atoms with van der Waals surface area (Å²) in [5.41, 5.74) is 6.68. The van der Waals surface area contributed by atoms with Crippen molar-refractivity contribution in [2.75, 3.05) is 0 Å². The number of amides is 1. The largest absolute Gasteiger partial charge is 0.457 e. The van der Waals surface area contributed by atoms with E-state index in [0.29, 0.717) is 28.1 Å². The molecule has 1 aromatic rings. The molecule has 2 fully saturated rings. The first-order valence-electron chi connectivity index (χ1n) is 6.94. The maximum atomic E-state index is 12.2. The lowest BCUT2D eigenvalue weighted by atomic mass is 9.67. The second-order valence-corrected chi connectivity index (χ2v) is 6.60. The van der Waals surface area contributed by atoms with Gasteiger partial charge in [-0.05, 0) is 53.4 Å². The van der Waals surface area contributed by atoms with Gasteiger partial charge in [-0.3, -0.25) is 4.79 Å². The summed E-state index contributed by atoms with van der Waals surface area (Å²) in [7, 11) is 0. The van der Waals surface area contributed by atoms with Crippen LogP contribution >= 0.6 is 15.9 Å². The van der Waals surface area contributed by atoms with Gasteiger partial charge in [-0.2, -0.15) is 0 Å². The molecular weight excluding hydrogens is 308 g/mol. The Morgan fingerprint density at radius 2 is 2.05 bits per heavy atom. The molecule has 2 atom stereocenters. The first-order valence-corrected chi connectivity index (χ1v) is 7.73. The molecule has 0 saturated heterocycles. The number of nitrogens with one attached hydrogen (secondary N) is 1. The first kappa shape index (κ1) is 13.2. The average molecular weight is 327 g/mol. The molecule has 0 spiro atoms. The summed E-state index contributed by atoms with van der Waals surface area (Å²) in [6.45, 7) is 0. The van der Waals surface area contributed by atoms with Gasteiger partial charge in [0.15, 0.2) is 4.67 Å². The Labute approximate surface area is 121 Å². The highest BCUT2D eigenvalue weighted by molar-refractivity contribution is 9.10. The van der Waals surface area contributed by atoms with E-state index in [1.165, 1.54) is 25.5 Å². The molecule has 104 valence electrons. The van der Waals surface area contributed by atoms with E-state index < -0.39 is 0 Å². The molecule has 0 aromatic carbocycles. The summed E-state index contributed by atoms with van der Waals surface area (Å²) < 4.78 is 5.71. The molecule has 5 heteroatoms. The number of carbonyl (C=O) groups excluding carboxylic acids is 1. The number of hydrogen-bond acceptors (Lipinski definition) is 3. The third kappa shape index (κ3) is 2.72. The fourth-order valence-electron chi connectivity index (χ4n) is 3.69. The Kier molecular flexibility index (Phi) is 3.67. The third-order valence-electron chi connectivity index (χ3n) is 4.50. The van der Waals surface area contributed by atoms with Crippen LogP contribution < -0.4 is 11.1 Å². The molecule has 1 heterocycles. The van der Waals surface area contributed by atoms with Crippen molar-refractivity contribution < 1.29 is 9.21 Å². The molecule has 0 radical (unpaired) electrons. The van der Waals surface area contributed by atoms with Gasteiger partial charge < -0.3 is 15.5 Å². The Morgan fingerprint density at radius 3 is 2.63 bits per heavy atom. The normalized spacial score (nSPS) is 34.0. The smallest absolute Gasteiger partial charge is 0.254 e. The van der Waals surface area contributed by atoms with Crippen LogP contribution in [0, 0.1) is 11.8 Å². The highest BCUT2D eigenvalue weighted by Gasteiger charge is 2.40. The van der Waals surface area contributed by atoms with Crippen LogP contribution in [0.3, 0.4) is 0 Å². The van der Waals surface area contributed by atoms with E-state index in [1.54, 1.807) is 6.07 Å². The molecule has 2 bridgehead atoms. The number of nitrogens with two attached hydrogens (primary N) is 1. The number of hydrogen-bond donors (Lipinski definition) is 2. The van der Waals surface area contributed by atoms with E-state index in [4.69, 9.17) is 10.2 Å². The monoisotopic (exact) mass is 326 g/mol. The van der Waals surface area contributed by atoms with Gasteiger partial charge in [0.1, 0.15) is 6.26 Å². The fraction of sp³-hybridized carbons (Fsp3) is 0.643. The molecule has 4 nitrogen and oxygen atoms in total. The lowest BCUT2D eigenvalue weighted by Gasteiger charge is -2.45. The number of fused-ring (bicyclic) bond motifs is 2. The topological polar surface area (TPSA) is 68.3 Å². The van der Waals surface area contributed by atoms with Gasteiger partial charge in [0.05, 0.1) is 5.56 Å². The van der Waals surface area contributed by atoms with E-state index in [-0.39, 0.29) is 11.9 Å². The predicted octanol–water partition coefficient (Wildman–Crippen LogP) is 2.68. The minimum absolute atomic E-state index is 0.0354. The second-order valence-electron chi connectivity index (χ2n) is 5.82. The van der Waals surface area contributed by atoms with Crippen LogP contribution in [-0.2, 0) is 0 Å². The maximum Gasteiger partial charge on any atom is 0.254 e. The lowest BCUT2D eigenvalue weighted by Crippen LogP contribution is -2.53. The molecule has 2 aliphatic carbocycles. The van der Waals surface area contributed by atoms with Crippen molar-refractivity contribution in [1.29, 1.82) is 0 Å². The van der Waals surface area contributed by atoms with Gasteiger partial charge in [0.2, 0.25) is 0 Å². The standard InChI is InChI=1S/C14H19BrN2O2/c15-12-6-10(7-19-12)14(18)17-13-8-2-1-3-9(13)5-11(16)4-8/h6-9,11,13H,1-5,16H2,(H,17,18). The Balaban J connectivity index is 1.70. The van der Waals surface area contributed by atoms with Crippen molar-refractivity contribution in [3.05, 3.63) is 22.6 Å². The van der Waals surface area contributed by atoms with Crippen LogP contribution in [-0.4, -0.2) is 18.0 Å². The minimum Gasteiger partial charge on any atom is -0.457 e. The fourth-order valence-corrected chi connectivity index (χ4v) is 4.03. The summed E-state index contributed by atoms with van der Waals surface area (Å²) in [6, 6.07) is 2.31. The van der Waals surface area contributed by atoms with Crippen molar-refractivity contribution in [1.82, 2.24) is 5.32 Å². The number of rotatable bonds is 2. The second kappa shape index (κ2) is 5.29. The summed E-state index contributed by atoms with van der Waals surface area (Å²) in [5.74, 6) is 1.05. The van der Waals surface area contributed by atoms with Gasteiger partial charge in [-0.25, -0.2) is 0 Å². The Bertz CT molecular complexity index is 460. The highest BCUT2D eigenvalue weighted by atomic mass is 79.9. The van der Waals surface area contributed by atoms with Crippen LogP contribution in [0.25, 0.3) is 0 Å². The van der Waals surface area contributed by atoms with E-state index in [0.717, 1.165) is 12.8 Å². The average Bonchev–Trinajstić information content (AvgIpc) is 2.77.